The maximum atomic E-state index is 14.3. The Kier molecular flexibility index (Phi) is 10.2. The maximum absolute atomic E-state index is 14.3. The van der Waals surface area contributed by atoms with Crippen LogP contribution in [-0.4, -0.2) is 35.7 Å². The first-order valence-corrected chi connectivity index (χ1v) is 15.3. The van der Waals surface area contributed by atoms with Crippen molar-refractivity contribution < 1.29 is 23.8 Å². The molecule has 7 nitrogen and oxygen atoms in total. The molecule has 4 aromatic carbocycles. The molecule has 0 saturated carbocycles. The van der Waals surface area contributed by atoms with Crippen LogP contribution in [0.4, 0.5) is 4.39 Å². The molecule has 1 aliphatic heterocycles. The molecule has 5 rings (SSSR count). The van der Waals surface area contributed by atoms with Gasteiger partial charge in [-0.05, 0) is 54.1 Å². The topological polar surface area (TPSA) is 92.2 Å². The Morgan fingerprint density at radius 1 is 0.977 bits per heavy atom. The number of carbonyl (C=O) groups excluding carboxylic acids is 1. The average Bonchev–Trinajstić information content (AvgIpc) is 3.40. The van der Waals surface area contributed by atoms with Crippen LogP contribution in [-0.2, 0) is 22.5 Å². The van der Waals surface area contributed by atoms with Crippen LogP contribution in [0.3, 0.4) is 0 Å². The molecule has 1 amide bonds. The number of benzene rings is 4. The van der Waals surface area contributed by atoms with Crippen LogP contribution in [0, 0.1) is 5.82 Å². The van der Waals surface area contributed by atoms with Gasteiger partial charge in [-0.25, -0.2) is 14.8 Å². The van der Waals surface area contributed by atoms with E-state index in [1.807, 2.05) is 60.7 Å². The third-order valence-electron chi connectivity index (χ3n) is 7.04. The molecule has 4 aromatic rings. The van der Waals surface area contributed by atoms with E-state index in [4.69, 9.17) is 19.6 Å². The minimum atomic E-state index is -1.43. The second kappa shape index (κ2) is 14.3. The molecule has 10 heteroatoms. The van der Waals surface area contributed by atoms with Crippen molar-refractivity contribution in [3.63, 3.8) is 0 Å². The number of hydrogen-bond acceptors (Lipinski definition) is 6. The highest BCUT2D eigenvalue weighted by Gasteiger charge is 2.54. The van der Waals surface area contributed by atoms with E-state index in [0.717, 1.165) is 20.1 Å². The molecule has 0 radical (unpaired) electrons. The third-order valence-corrected chi connectivity index (χ3v) is 8.29. The molecule has 1 aliphatic rings. The summed E-state index contributed by atoms with van der Waals surface area (Å²) >= 11 is 7.13. The van der Waals surface area contributed by atoms with Gasteiger partial charge < -0.3 is 14.6 Å². The molecule has 0 bridgehead atoms. The van der Waals surface area contributed by atoms with Gasteiger partial charge in [-0.1, -0.05) is 80.4 Å². The van der Waals surface area contributed by atoms with Crippen LogP contribution in [0.15, 0.2) is 111 Å². The standard InChI is InChI=1S/C33H30Br2FN3O4/c34-25-14-10-22(11-15-25)20-33(32(41)39-37-21-24-6-1-4-9-29(24)36)30(27-7-2-3-8-28(27)35)43-31(38-33)23-12-16-26(17-13-23)42-19-5-18-40/h1-4,6-17,30,37,40H,5,18-21H2,(H,39,41)/t30-,33-/m0/s1. The van der Waals surface area contributed by atoms with Crippen LogP contribution < -0.4 is 15.6 Å². The van der Waals surface area contributed by atoms with Crippen molar-refractivity contribution in [2.24, 2.45) is 4.99 Å². The van der Waals surface area contributed by atoms with Crippen LogP contribution in [0.5, 0.6) is 5.75 Å². The molecule has 3 N–H and O–H groups in total. The van der Waals surface area contributed by atoms with Gasteiger partial charge in [0, 0.05) is 51.6 Å². The summed E-state index contributed by atoms with van der Waals surface area (Å²) in [7, 11) is 0. The number of halogens is 3. The molecule has 0 saturated heterocycles. The molecular formula is C33H30Br2FN3O4. The van der Waals surface area contributed by atoms with Gasteiger partial charge in [0.1, 0.15) is 11.6 Å². The molecule has 0 fully saturated rings. The van der Waals surface area contributed by atoms with E-state index in [-0.39, 0.29) is 25.4 Å². The number of hydrazine groups is 1. The molecule has 1 heterocycles. The summed E-state index contributed by atoms with van der Waals surface area (Å²) in [5.74, 6) is 0.165. The van der Waals surface area contributed by atoms with Gasteiger partial charge in [-0.2, -0.15) is 0 Å². The quantitative estimate of drug-likeness (QED) is 0.116. The fraction of sp³-hybridized carbons (Fsp3) is 0.212. The first-order valence-electron chi connectivity index (χ1n) is 13.8. The second-order valence-electron chi connectivity index (χ2n) is 10.0. The van der Waals surface area contributed by atoms with Crippen LogP contribution in [0.2, 0.25) is 0 Å². The van der Waals surface area contributed by atoms with Gasteiger partial charge in [-0.3, -0.25) is 10.2 Å². The number of hydrogen-bond donors (Lipinski definition) is 3. The summed E-state index contributed by atoms with van der Waals surface area (Å²) in [6.45, 7) is 0.534. The molecule has 0 spiro atoms. The fourth-order valence-corrected chi connectivity index (χ4v) is 5.59. The van der Waals surface area contributed by atoms with Crippen LogP contribution >= 0.6 is 31.9 Å². The van der Waals surface area contributed by atoms with Crippen molar-refractivity contribution in [1.29, 1.82) is 0 Å². The van der Waals surface area contributed by atoms with Gasteiger partial charge in [0.25, 0.3) is 5.91 Å². The van der Waals surface area contributed by atoms with Crippen LogP contribution in [0.25, 0.3) is 0 Å². The minimum absolute atomic E-state index is 0.0524. The molecule has 0 aliphatic carbocycles. The third kappa shape index (κ3) is 7.33. The molecular weight excluding hydrogens is 681 g/mol. The largest absolute Gasteiger partial charge is 0.494 e. The number of aliphatic hydroxyl groups excluding tert-OH is 1. The number of nitrogens with zero attached hydrogens (tertiary/aromatic N) is 1. The number of nitrogens with one attached hydrogen (secondary N) is 2. The van der Waals surface area contributed by atoms with Gasteiger partial charge in [-0.15, -0.1) is 0 Å². The predicted octanol–water partition coefficient (Wildman–Crippen LogP) is 6.43. The number of amides is 1. The lowest BCUT2D eigenvalue weighted by atomic mass is 9.82. The number of rotatable bonds is 12. The van der Waals surface area contributed by atoms with Gasteiger partial charge >= 0.3 is 0 Å². The monoisotopic (exact) mass is 709 g/mol. The molecule has 2 atom stereocenters. The lowest BCUT2D eigenvalue weighted by molar-refractivity contribution is -0.130. The van der Waals surface area contributed by atoms with Gasteiger partial charge in [0.2, 0.25) is 5.90 Å². The lowest BCUT2D eigenvalue weighted by Crippen LogP contribution is -2.53. The van der Waals surface area contributed by atoms with Crippen molar-refractivity contribution in [2.45, 2.75) is 31.0 Å². The molecule has 0 unspecified atom stereocenters. The first-order chi connectivity index (χ1) is 20.9. The number of carbonyl (C=O) groups is 1. The van der Waals surface area contributed by atoms with Crippen molar-refractivity contribution in [1.82, 2.24) is 10.9 Å². The normalized spacial score (nSPS) is 17.7. The summed E-state index contributed by atoms with van der Waals surface area (Å²) in [5.41, 5.74) is 6.99. The maximum Gasteiger partial charge on any atom is 0.266 e. The van der Waals surface area contributed by atoms with E-state index in [1.54, 1.807) is 30.3 Å². The molecule has 43 heavy (non-hydrogen) atoms. The zero-order chi connectivity index (χ0) is 30.2. The van der Waals surface area contributed by atoms with Crippen LogP contribution in [0.1, 0.15) is 34.8 Å². The summed E-state index contributed by atoms with van der Waals surface area (Å²) in [5, 5.41) is 9.04. The van der Waals surface area contributed by atoms with Crippen molar-refractivity contribution in [2.75, 3.05) is 13.2 Å². The van der Waals surface area contributed by atoms with Crippen molar-refractivity contribution >= 4 is 43.7 Å². The minimum Gasteiger partial charge on any atom is -0.494 e. The summed E-state index contributed by atoms with van der Waals surface area (Å²) in [6.07, 6.45) is -0.0349. The Hall–Kier alpha value is -3.57. The van der Waals surface area contributed by atoms with Crippen molar-refractivity contribution in [3.8, 4) is 5.75 Å². The highest BCUT2D eigenvalue weighted by atomic mass is 79.9. The molecule has 0 aromatic heterocycles. The second-order valence-corrected chi connectivity index (χ2v) is 11.8. The summed E-state index contributed by atoms with van der Waals surface area (Å²) < 4.78 is 28.2. The number of ether oxygens (including phenoxy) is 2. The Bertz CT molecular complexity index is 1580. The van der Waals surface area contributed by atoms with Crippen molar-refractivity contribution in [3.05, 3.63) is 134 Å². The number of aliphatic hydroxyl groups is 1. The summed E-state index contributed by atoms with van der Waals surface area (Å²) in [6, 6.07) is 28.9. The van der Waals surface area contributed by atoms with Gasteiger partial charge in [0.15, 0.2) is 11.6 Å². The predicted molar refractivity (Wildman–Crippen MR) is 170 cm³/mol. The summed E-state index contributed by atoms with van der Waals surface area (Å²) in [4.78, 5) is 19.3. The van der Waals surface area contributed by atoms with E-state index < -0.39 is 17.6 Å². The average molecular weight is 711 g/mol. The zero-order valence-corrected chi connectivity index (χ0v) is 26.3. The zero-order valence-electron chi connectivity index (χ0n) is 23.1. The highest BCUT2D eigenvalue weighted by Crippen LogP contribution is 2.44. The smallest absolute Gasteiger partial charge is 0.266 e. The van der Waals surface area contributed by atoms with E-state index in [1.165, 1.54) is 6.07 Å². The Morgan fingerprint density at radius 2 is 1.70 bits per heavy atom. The van der Waals surface area contributed by atoms with E-state index >= 15 is 0 Å². The van der Waals surface area contributed by atoms with E-state index in [9.17, 15) is 9.18 Å². The van der Waals surface area contributed by atoms with Gasteiger partial charge in [0.05, 0.1) is 6.61 Å². The highest BCUT2D eigenvalue weighted by molar-refractivity contribution is 9.10. The Morgan fingerprint density at radius 3 is 2.42 bits per heavy atom. The fourth-order valence-electron chi connectivity index (χ4n) is 4.83. The molecule has 222 valence electrons. The first kappa shape index (κ1) is 30.9. The Balaban J connectivity index is 1.52. The Labute approximate surface area is 266 Å². The lowest BCUT2D eigenvalue weighted by Gasteiger charge is -2.31. The number of aliphatic imine (C=N–C) groups is 1. The van der Waals surface area contributed by atoms with E-state index in [0.29, 0.717) is 35.8 Å². The SMILES string of the molecule is O=C(NNCc1ccccc1F)[C@@]1(Cc2ccc(Br)cc2)N=C(c2ccc(OCCCO)cc2)O[C@H]1c1ccccc1Br. The van der Waals surface area contributed by atoms with E-state index in [2.05, 4.69) is 42.7 Å².